The molecule has 0 atom stereocenters. The number of nitrogens with zero attached hydrogens (tertiary/aromatic N) is 3. The molecule has 0 aliphatic carbocycles. The third kappa shape index (κ3) is 3.33. The fourth-order valence-electron chi connectivity index (χ4n) is 2.86. The zero-order valence-corrected chi connectivity index (χ0v) is 15.4. The number of hydrogen-bond donors (Lipinski definition) is 1. The first-order valence-electron chi connectivity index (χ1n) is 8.30. The van der Waals surface area contributed by atoms with Crippen molar-refractivity contribution >= 4 is 34.3 Å². The van der Waals surface area contributed by atoms with Crippen LogP contribution in [0.5, 0.6) is 0 Å². The average molecular weight is 352 g/mol. The molecule has 25 heavy (non-hydrogen) atoms. The largest absolute Gasteiger partial charge is 0.353 e. The van der Waals surface area contributed by atoms with Crippen LogP contribution >= 0.6 is 11.8 Å². The van der Waals surface area contributed by atoms with Gasteiger partial charge >= 0.3 is 0 Å². The Morgan fingerprint density at radius 3 is 2.84 bits per heavy atom. The van der Waals surface area contributed by atoms with Gasteiger partial charge in [-0.3, -0.25) is 9.20 Å². The van der Waals surface area contributed by atoms with Crippen molar-refractivity contribution < 1.29 is 4.79 Å². The lowest BCUT2D eigenvalue weighted by molar-refractivity contribution is -0.119. The molecule has 6 heteroatoms. The summed E-state index contributed by atoms with van der Waals surface area (Å²) in [6.07, 6.45) is 0.744. The number of hydrogen-bond acceptors (Lipinski definition) is 4. The number of rotatable bonds is 5. The maximum Gasteiger partial charge on any atom is 0.230 e. The molecule has 3 rings (SSSR count). The minimum Gasteiger partial charge on any atom is -0.353 e. The van der Waals surface area contributed by atoms with Gasteiger partial charge in [-0.05, 0) is 44.0 Å². The summed E-state index contributed by atoms with van der Waals surface area (Å²) in [5, 5.41) is 13.4. The number of imidazole rings is 1. The van der Waals surface area contributed by atoms with Gasteiger partial charge in [0.25, 0.3) is 0 Å². The van der Waals surface area contributed by atoms with Crippen molar-refractivity contribution in [1.29, 1.82) is 5.26 Å². The van der Waals surface area contributed by atoms with Crippen LogP contribution in [0, 0.1) is 11.3 Å². The van der Waals surface area contributed by atoms with Gasteiger partial charge in [0.1, 0.15) is 6.07 Å². The van der Waals surface area contributed by atoms with Crippen molar-refractivity contribution in [3.05, 3.63) is 41.5 Å². The molecule has 0 unspecified atom stereocenters. The van der Waals surface area contributed by atoms with Crippen molar-refractivity contribution in [2.75, 3.05) is 5.75 Å². The van der Waals surface area contributed by atoms with Crippen molar-refractivity contribution in [2.45, 2.75) is 38.3 Å². The third-order valence-corrected chi connectivity index (χ3v) is 4.92. The third-order valence-electron chi connectivity index (χ3n) is 3.92. The van der Waals surface area contributed by atoms with E-state index in [-0.39, 0.29) is 11.9 Å². The Bertz CT molecular complexity index is 984. The Labute approximate surface area is 151 Å². The van der Waals surface area contributed by atoms with Gasteiger partial charge in [-0.1, -0.05) is 30.8 Å². The summed E-state index contributed by atoms with van der Waals surface area (Å²) in [7, 11) is 0. The normalized spacial score (nSPS) is 11.2. The van der Waals surface area contributed by atoms with Crippen LogP contribution in [-0.4, -0.2) is 27.1 Å². The molecule has 5 nitrogen and oxygen atoms in total. The number of thioether (sulfide) groups is 1. The molecule has 0 saturated heterocycles. The van der Waals surface area contributed by atoms with Crippen LogP contribution in [-0.2, 0) is 11.2 Å². The number of fused-ring (bicyclic) bond motifs is 3. The molecule has 0 bridgehead atoms. The van der Waals surface area contributed by atoms with Crippen molar-refractivity contribution in [3.63, 3.8) is 0 Å². The predicted octanol–water partition coefficient (Wildman–Crippen LogP) is 3.54. The number of pyridine rings is 1. The molecule has 2 heterocycles. The molecule has 0 radical (unpaired) electrons. The van der Waals surface area contributed by atoms with Crippen LogP contribution in [0.25, 0.3) is 16.7 Å². The van der Waals surface area contributed by atoms with E-state index in [4.69, 9.17) is 0 Å². The molecule has 1 aromatic carbocycles. The highest BCUT2D eigenvalue weighted by Gasteiger charge is 2.17. The van der Waals surface area contributed by atoms with Crippen molar-refractivity contribution in [1.82, 2.24) is 14.7 Å². The summed E-state index contributed by atoms with van der Waals surface area (Å²) in [6.45, 7) is 5.91. The Hall–Kier alpha value is -2.52. The molecule has 2 aromatic heterocycles. The number of nitrogens with one attached hydrogen (secondary N) is 1. The molecule has 0 aliphatic rings. The molecular formula is C19H20N4OS. The van der Waals surface area contributed by atoms with Gasteiger partial charge in [0.2, 0.25) is 5.91 Å². The van der Waals surface area contributed by atoms with Gasteiger partial charge in [0.05, 0.1) is 27.4 Å². The maximum atomic E-state index is 12.0. The highest BCUT2D eigenvalue weighted by atomic mass is 32.2. The minimum absolute atomic E-state index is 0.0000194. The van der Waals surface area contributed by atoms with Crippen molar-refractivity contribution in [3.8, 4) is 6.07 Å². The minimum atomic E-state index is -0.0000194. The topological polar surface area (TPSA) is 70.2 Å². The number of para-hydroxylation sites is 2. The zero-order valence-electron chi connectivity index (χ0n) is 14.5. The number of amides is 1. The van der Waals surface area contributed by atoms with E-state index in [1.54, 1.807) is 0 Å². The lowest BCUT2D eigenvalue weighted by Crippen LogP contribution is -2.31. The molecule has 0 aliphatic heterocycles. The number of carbonyl (C=O) groups is 1. The average Bonchev–Trinajstić information content (AvgIpc) is 2.97. The van der Waals surface area contributed by atoms with E-state index in [1.165, 1.54) is 11.8 Å². The Kier molecular flexibility index (Phi) is 4.95. The number of carbonyl (C=O) groups excluding carboxylic acids is 1. The molecule has 128 valence electrons. The van der Waals surface area contributed by atoms with E-state index < -0.39 is 0 Å². The van der Waals surface area contributed by atoms with Gasteiger partial charge in [-0.25, -0.2) is 4.98 Å². The van der Waals surface area contributed by atoms with Crippen molar-refractivity contribution in [2.24, 2.45) is 0 Å². The number of aryl methyl sites for hydroxylation is 1. The summed E-state index contributed by atoms with van der Waals surface area (Å²) >= 11 is 1.47. The van der Waals surface area contributed by atoms with Gasteiger partial charge in [0.15, 0.2) is 5.65 Å². The SMILES string of the molecule is CCc1cc(SCC(=O)NC(C)C)n2c(nc3ccccc32)c1C#N. The van der Waals surface area contributed by atoms with Crippen LogP contribution in [0.3, 0.4) is 0 Å². The highest BCUT2D eigenvalue weighted by Crippen LogP contribution is 2.29. The lowest BCUT2D eigenvalue weighted by Gasteiger charge is -2.12. The van der Waals surface area contributed by atoms with E-state index in [1.807, 2.05) is 55.5 Å². The predicted molar refractivity (Wildman–Crippen MR) is 101 cm³/mol. The highest BCUT2D eigenvalue weighted by molar-refractivity contribution is 7.99. The zero-order chi connectivity index (χ0) is 18.0. The first-order chi connectivity index (χ1) is 12.0. The molecule has 1 N–H and O–H groups in total. The standard InChI is InChI=1S/C19H20N4OS/c1-4-13-9-18(25-11-17(24)21-12(2)3)23-16-8-6-5-7-15(16)22-19(23)14(13)10-20/h5-9,12H,4,11H2,1-3H3,(H,21,24). The van der Waals surface area contributed by atoms with Crippen LogP contribution in [0.15, 0.2) is 35.4 Å². The summed E-state index contributed by atoms with van der Waals surface area (Å²) in [5.41, 5.74) is 4.02. The fourth-order valence-corrected chi connectivity index (χ4v) is 3.76. The lowest BCUT2D eigenvalue weighted by atomic mass is 10.1. The van der Waals surface area contributed by atoms with Gasteiger partial charge in [-0.15, -0.1) is 0 Å². The Morgan fingerprint density at radius 1 is 1.40 bits per heavy atom. The van der Waals surface area contributed by atoms with Gasteiger partial charge in [-0.2, -0.15) is 5.26 Å². The van der Waals surface area contributed by atoms with Crippen LogP contribution in [0.2, 0.25) is 0 Å². The second-order valence-electron chi connectivity index (χ2n) is 6.12. The second-order valence-corrected chi connectivity index (χ2v) is 7.11. The molecule has 3 aromatic rings. The van der Waals surface area contributed by atoms with Crippen LogP contribution in [0.4, 0.5) is 0 Å². The van der Waals surface area contributed by atoms with E-state index in [0.29, 0.717) is 17.0 Å². The second kappa shape index (κ2) is 7.16. The first kappa shape index (κ1) is 17.3. The van der Waals surface area contributed by atoms with Crippen LogP contribution < -0.4 is 5.32 Å². The Morgan fingerprint density at radius 2 is 2.16 bits per heavy atom. The summed E-state index contributed by atoms with van der Waals surface area (Å²) in [4.78, 5) is 16.7. The molecule has 1 amide bonds. The molecule has 0 fully saturated rings. The maximum absolute atomic E-state index is 12.0. The van der Waals surface area contributed by atoms with Crippen LogP contribution in [0.1, 0.15) is 31.9 Å². The van der Waals surface area contributed by atoms with E-state index in [0.717, 1.165) is 28.0 Å². The molecular weight excluding hydrogens is 332 g/mol. The summed E-state index contributed by atoms with van der Waals surface area (Å²) in [5.74, 6) is 0.328. The monoisotopic (exact) mass is 352 g/mol. The smallest absolute Gasteiger partial charge is 0.230 e. The van der Waals surface area contributed by atoms with Gasteiger partial charge < -0.3 is 5.32 Å². The van der Waals surface area contributed by atoms with E-state index in [9.17, 15) is 10.1 Å². The van der Waals surface area contributed by atoms with Gasteiger partial charge in [0, 0.05) is 6.04 Å². The van der Waals surface area contributed by atoms with E-state index in [2.05, 4.69) is 16.4 Å². The first-order valence-corrected chi connectivity index (χ1v) is 9.29. The number of nitriles is 1. The summed E-state index contributed by atoms with van der Waals surface area (Å²) < 4.78 is 1.99. The quantitative estimate of drug-likeness (QED) is 0.713. The number of aromatic nitrogens is 2. The van der Waals surface area contributed by atoms with E-state index >= 15 is 0 Å². The number of benzene rings is 1. The molecule has 0 spiro atoms. The fraction of sp³-hybridized carbons (Fsp3) is 0.316. The molecule has 0 saturated carbocycles. The summed E-state index contributed by atoms with van der Waals surface area (Å²) in [6, 6.07) is 12.2. The Balaban J connectivity index is 2.13.